The van der Waals surface area contributed by atoms with Crippen molar-refractivity contribution in [3.05, 3.63) is 21.4 Å². The maximum Gasteiger partial charge on any atom is 0.327 e. The highest BCUT2D eigenvalue weighted by atomic mass is 32.1. The van der Waals surface area contributed by atoms with Gasteiger partial charge in [0.05, 0.1) is 0 Å². The molecule has 0 aliphatic heterocycles. The van der Waals surface area contributed by atoms with Crippen LogP contribution in [0.5, 0.6) is 0 Å². The number of carbonyl (C=O) groups excluding carboxylic acids is 1. The molecule has 0 aliphatic rings. The SMILES string of the molecule is CC(=O)NC(CNCc1cc(C)c(C)s1)C(=O)O. The fourth-order valence-electron chi connectivity index (χ4n) is 1.52. The zero-order chi connectivity index (χ0) is 13.7. The van der Waals surface area contributed by atoms with Gasteiger partial charge in [-0.3, -0.25) is 4.79 Å². The van der Waals surface area contributed by atoms with E-state index in [0.29, 0.717) is 6.54 Å². The lowest BCUT2D eigenvalue weighted by Crippen LogP contribution is -2.46. The van der Waals surface area contributed by atoms with Gasteiger partial charge in [0.25, 0.3) is 0 Å². The third kappa shape index (κ3) is 4.46. The van der Waals surface area contributed by atoms with E-state index in [2.05, 4.69) is 23.6 Å². The maximum absolute atomic E-state index is 10.9. The van der Waals surface area contributed by atoms with Crippen LogP contribution >= 0.6 is 11.3 Å². The van der Waals surface area contributed by atoms with Crippen LogP contribution < -0.4 is 10.6 Å². The zero-order valence-corrected chi connectivity index (χ0v) is 11.6. The van der Waals surface area contributed by atoms with Crippen LogP contribution in [0.2, 0.25) is 0 Å². The van der Waals surface area contributed by atoms with Gasteiger partial charge in [-0.05, 0) is 25.5 Å². The van der Waals surface area contributed by atoms with E-state index in [1.54, 1.807) is 11.3 Å². The Hall–Kier alpha value is -1.40. The summed E-state index contributed by atoms with van der Waals surface area (Å²) in [5.74, 6) is -1.37. The molecule has 0 fully saturated rings. The number of hydrogen-bond acceptors (Lipinski definition) is 4. The Labute approximate surface area is 110 Å². The van der Waals surface area contributed by atoms with E-state index in [9.17, 15) is 9.59 Å². The fourth-order valence-corrected chi connectivity index (χ4v) is 2.55. The fraction of sp³-hybridized carbons (Fsp3) is 0.500. The summed E-state index contributed by atoms with van der Waals surface area (Å²) in [6.45, 7) is 6.24. The maximum atomic E-state index is 10.9. The quantitative estimate of drug-likeness (QED) is 0.722. The van der Waals surface area contributed by atoms with Gasteiger partial charge in [0.15, 0.2) is 0 Å². The van der Waals surface area contributed by atoms with E-state index in [1.165, 1.54) is 17.4 Å². The normalized spacial score (nSPS) is 12.2. The largest absolute Gasteiger partial charge is 0.480 e. The Kier molecular flexibility index (Phi) is 5.30. The Bertz CT molecular complexity index is 423. The molecule has 5 nitrogen and oxygen atoms in total. The minimum atomic E-state index is -1.03. The van der Waals surface area contributed by atoms with E-state index in [-0.39, 0.29) is 12.5 Å². The Morgan fingerprint density at radius 3 is 2.56 bits per heavy atom. The number of hydrogen-bond donors (Lipinski definition) is 3. The zero-order valence-electron chi connectivity index (χ0n) is 10.7. The molecule has 100 valence electrons. The summed E-state index contributed by atoms with van der Waals surface area (Å²) in [5, 5.41) is 14.3. The lowest BCUT2D eigenvalue weighted by Gasteiger charge is -2.13. The molecule has 0 aliphatic carbocycles. The molecule has 1 heterocycles. The first-order valence-electron chi connectivity index (χ1n) is 5.66. The molecule has 0 bridgehead atoms. The number of carboxylic acid groups (broad SMARTS) is 1. The molecule has 1 atom stereocenters. The highest BCUT2D eigenvalue weighted by Gasteiger charge is 2.17. The van der Waals surface area contributed by atoms with Gasteiger partial charge in [-0.1, -0.05) is 0 Å². The van der Waals surface area contributed by atoms with Gasteiger partial charge in [0.2, 0.25) is 5.91 Å². The summed E-state index contributed by atoms with van der Waals surface area (Å²) in [6, 6.07) is 1.20. The van der Waals surface area contributed by atoms with Gasteiger partial charge in [-0.15, -0.1) is 11.3 Å². The third-order valence-corrected chi connectivity index (χ3v) is 3.69. The van der Waals surface area contributed by atoms with E-state index in [4.69, 9.17) is 5.11 Å². The van der Waals surface area contributed by atoms with Crippen LogP contribution in [0.25, 0.3) is 0 Å². The third-order valence-electron chi connectivity index (χ3n) is 2.54. The van der Waals surface area contributed by atoms with Crippen LogP contribution in [0.15, 0.2) is 6.07 Å². The predicted octanol–water partition coefficient (Wildman–Crippen LogP) is 1.04. The second kappa shape index (κ2) is 6.51. The van der Waals surface area contributed by atoms with E-state index >= 15 is 0 Å². The van der Waals surface area contributed by atoms with Crippen LogP contribution in [0, 0.1) is 13.8 Å². The van der Waals surface area contributed by atoms with Crippen molar-refractivity contribution in [3.8, 4) is 0 Å². The van der Waals surface area contributed by atoms with E-state index in [0.717, 1.165) is 4.88 Å². The molecule has 0 saturated carbocycles. The molecule has 18 heavy (non-hydrogen) atoms. The average molecular weight is 270 g/mol. The van der Waals surface area contributed by atoms with Gasteiger partial charge in [0, 0.05) is 29.8 Å². The lowest BCUT2D eigenvalue weighted by molar-refractivity contribution is -0.141. The molecule has 1 aromatic rings. The van der Waals surface area contributed by atoms with Crippen LogP contribution in [0.1, 0.15) is 22.2 Å². The smallest absolute Gasteiger partial charge is 0.327 e. The molecular weight excluding hydrogens is 252 g/mol. The first-order valence-corrected chi connectivity index (χ1v) is 6.48. The Balaban J connectivity index is 2.43. The lowest BCUT2D eigenvalue weighted by atomic mass is 10.2. The van der Waals surface area contributed by atoms with Gasteiger partial charge in [-0.25, -0.2) is 4.79 Å². The number of carbonyl (C=O) groups is 2. The summed E-state index contributed by atoms with van der Waals surface area (Å²) < 4.78 is 0. The van der Waals surface area contributed by atoms with Crippen LogP contribution in [-0.2, 0) is 16.1 Å². The number of rotatable bonds is 6. The number of amides is 1. The molecule has 1 aromatic heterocycles. The van der Waals surface area contributed by atoms with Crippen LogP contribution in [0.4, 0.5) is 0 Å². The Morgan fingerprint density at radius 1 is 1.44 bits per heavy atom. The van der Waals surface area contributed by atoms with E-state index in [1.807, 2.05) is 6.92 Å². The van der Waals surface area contributed by atoms with Crippen molar-refractivity contribution >= 4 is 23.2 Å². The second-order valence-corrected chi connectivity index (χ2v) is 5.52. The molecule has 0 radical (unpaired) electrons. The van der Waals surface area contributed by atoms with Crippen molar-refractivity contribution in [1.82, 2.24) is 10.6 Å². The summed E-state index contributed by atoms with van der Waals surface area (Å²) >= 11 is 1.69. The first-order chi connectivity index (χ1) is 8.40. The molecule has 0 aromatic carbocycles. The standard InChI is InChI=1S/C12H18N2O3S/c1-7-4-10(18-8(7)2)5-13-6-11(12(16)17)14-9(3)15/h4,11,13H,5-6H2,1-3H3,(H,14,15)(H,16,17). The number of thiophene rings is 1. The number of carboxylic acids is 1. The van der Waals surface area contributed by atoms with Crippen LogP contribution in [0.3, 0.4) is 0 Å². The van der Waals surface area contributed by atoms with Gasteiger partial charge >= 0.3 is 5.97 Å². The number of aliphatic carboxylic acids is 1. The summed E-state index contributed by atoms with van der Waals surface area (Å²) in [5.41, 5.74) is 1.24. The molecule has 1 amide bonds. The summed E-state index contributed by atoms with van der Waals surface area (Å²) in [6.07, 6.45) is 0. The highest BCUT2D eigenvalue weighted by Crippen LogP contribution is 2.20. The van der Waals surface area contributed by atoms with Crippen molar-refractivity contribution in [2.75, 3.05) is 6.54 Å². The van der Waals surface area contributed by atoms with E-state index < -0.39 is 12.0 Å². The summed E-state index contributed by atoms with van der Waals surface area (Å²) in [7, 11) is 0. The van der Waals surface area contributed by atoms with Crippen molar-refractivity contribution in [1.29, 1.82) is 0 Å². The van der Waals surface area contributed by atoms with Crippen molar-refractivity contribution in [2.24, 2.45) is 0 Å². The highest BCUT2D eigenvalue weighted by molar-refractivity contribution is 7.12. The topological polar surface area (TPSA) is 78.4 Å². The monoisotopic (exact) mass is 270 g/mol. The van der Waals surface area contributed by atoms with Crippen molar-refractivity contribution in [3.63, 3.8) is 0 Å². The molecule has 0 saturated heterocycles. The molecule has 0 spiro atoms. The van der Waals surface area contributed by atoms with Crippen molar-refractivity contribution in [2.45, 2.75) is 33.4 Å². The molecule has 6 heteroatoms. The van der Waals surface area contributed by atoms with Gasteiger partial charge in [-0.2, -0.15) is 0 Å². The second-order valence-electron chi connectivity index (χ2n) is 4.17. The Morgan fingerprint density at radius 2 is 2.11 bits per heavy atom. The number of aryl methyl sites for hydroxylation is 2. The van der Waals surface area contributed by atoms with Crippen molar-refractivity contribution < 1.29 is 14.7 Å². The van der Waals surface area contributed by atoms with Crippen LogP contribution in [-0.4, -0.2) is 29.6 Å². The predicted molar refractivity (Wildman–Crippen MR) is 70.7 cm³/mol. The van der Waals surface area contributed by atoms with Gasteiger partial charge < -0.3 is 15.7 Å². The van der Waals surface area contributed by atoms with Gasteiger partial charge in [0.1, 0.15) is 6.04 Å². The average Bonchev–Trinajstić information content (AvgIpc) is 2.56. The molecular formula is C12H18N2O3S. The number of nitrogens with one attached hydrogen (secondary N) is 2. The first kappa shape index (κ1) is 14.7. The summed E-state index contributed by atoms with van der Waals surface area (Å²) in [4.78, 5) is 24.2. The molecule has 1 rings (SSSR count). The minimum absolute atomic E-state index is 0.213. The minimum Gasteiger partial charge on any atom is -0.480 e. The molecule has 3 N–H and O–H groups in total. The molecule has 1 unspecified atom stereocenters.